The van der Waals surface area contributed by atoms with Crippen LogP contribution in [0, 0.1) is 5.92 Å². The summed E-state index contributed by atoms with van der Waals surface area (Å²) in [6.07, 6.45) is 0. The van der Waals surface area contributed by atoms with Gasteiger partial charge in [-0.1, -0.05) is 31.5 Å². The van der Waals surface area contributed by atoms with Crippen LogP contribution in [0.4, 0.5) is 0 Å². The highest BCUT2D eigenvalue weighted by atomic mass is 79.9. The predicted molar refractivity (Wildman–Crippen MR) is 66.8 cm³/mol. The highest BCUT2D eigenvalue weighted by Gasteiger charge is 1.99. The third-order valence-corrected chi connectivity index (χ3v) is 3.01. The van der Waals surface area contributed by atoms with Crippen molar-refractivity contribution in [1.29, 1.82) is 0 Å². The van der Waals surface area contributed by atoms with Gasteiger partial charge in [0, 0.05) is 11.0 Å². The Balaban J connectivity index is 2.35. The van der Waals surface area contributed by atoms with E-state index in [1.54, 1.807) is 0 Å². The van der Waals surface area contributed by atoms with Crippen LogP contribution in [0.1, 0.15) is 19.4 Å². The molecule has 0 bridgehead atoms. The van der Waals surface area contributed by atoms with E-state index in [4.69, 9.17) is 16.4 Å². The van der Waals surface area contributed by atoms with Crippen molar-refractivity contribution in [2.75, 3.05) is 6.61 Å². The summed E-state index contributed by atoms with van der Waals surface area (Å²) in [6.45, 7) is 5.60. The van der Waals surface area contributed by atoms with E-state index in [-0.39, 0.29) is 0 Å². The second-order valence-corrected chi connectivity index (χ2v) is 5.04. The van der Waals surface area contributed by atoms with E-state index < -0.39 is 0 Å². The van der Waals surface area contributed by atoms with Crippen molar-refractivity contribution in [3.8, 4) is 0 Å². The molecule has 0 fully saturated rings. The van der Waals surface area contributed by atoms with Crippen LogP contribution in [0.25, 0.3) is 0 Å². The Morgan fingerprint density at radius 1 is 1.47 bits per heavy atom. The molecule has 0 aliphatic rings. The van der Waals surface area contributed by atoms with E-state index in [1.807, 2.05) is 18.2 Å². The maximum atomic E-state index is 5.96. The lowest BCUT2D eigenvalue weighted by molar-refractivity contribution is 0.0196. The zero-order valence-electron chi connectivity index (χ0n) is 8.89. The van der Waals surface area contributed by atoms with E-state index in [9.17, 15) is 0 Å². The molecule has 0 aliphatic heterocycles. The SMILES string of the molecule is CC(C)CONCc1ccc(Br)c(Cl)c1. The molecule has 0 atom stereocenters. The molecule has 1 N–H and O–H groups in total. The minimum atomic E-state index is 0.533. The maximum absolute atomic E-state index is 5.96. The third-order valence-electron chi connectivity index (χ3n) is 1.78. The summed E-state index contributed by atoms with van der Waals surface area (Å²) in [4.78, 5) is 5.26. The van der Waals surface area contributed by atoms with Gasteiger partial charge >= 0.3 is 0 Å². The van der Waals surface area contributed by atoms with E-state index in [0.717, 1.165) is 15.1 Å². The first-order chi connectivity index (χ1) is 7.09. The fraction of sp³-hybridized carbons (Fsp3) is 0.455. The normalized spacial score (nSPS) is 11.0. The number of halogens is 2. The number of benzene rings is 1. The predicted octanol–water partition coefficient (Wildman–Crippen LogP) is 3.78. The van der Waals surface area contributed by atoms with Gasteiger partial charge < -0.3 is 4.84 Å². The molecule has 1 aromatic rings. The topological polar surface area (TPSA) is 21.3 Å². The van der Waals surface area contributed by atoms with E-state index in [1.165, 1.54) is 0 Å². The average Bonchev–Trinajstić information content (AvgIpc) is 2.18. The molecule has 0 spiro atoms. The first-order valence-electron chi connectivity index (χ1n) is 4.88. The molecule has 0 aromatic heterocycles. The van der Waals surface area contributed by atoms with Crippen molar-refractivity contribution in [3.05, 3.63) is 33.3 Å². The van der Waals surface area contributed by atoms with Gasteiger partial charge in [0.25, 0.3) is 0 Å². The van der Waals surface area contributed by atoms with Gasteiger partial charge in [-0.3, -0.25) is 0 Å². The van der Waals surface area contributed by atoms with Crippen molar-refractivity contribution in [2.24, 2.45) is 5.92 Å². The second-order valence-electron chi connectivity index (χ2n) is 3.77. The molecular weight excluding hydrogens is 277 g/mol. The fourth-order valence-corrected chi connectivity index (χ4v) is 1.46. The molecule has 0 unspecified atom stereocenters. The summed E-state index contributed by atoms with van der Waals surface area (Å²) in [7, 11) is 0. The van der Waals surface area contributed by atoms with Gasteiger partial charge in [-0.05, 0) is 39.5 Å². The van der Waals surface area contributed by atoms with Crippen LogP contribution in [0.2, 0.25) is 5.02 Å². The van der Waals surface area contributed by atoms with Crippen LogP contribution in [0.3, 0.4) is 0 Å². The summed E-state index contributed by atoms with van der Waals surface area (Å²) >= 11 is 9.31. The fourth-order valence-electron chi connectivity index (χ4n) is 1.01. The van der Waals surface area contributed by atoms with Gasteiger partial charge in [-0.25, -0.2) is 0 Å². The Kier molecular flexibility index (Phi) is 5.61. The van der Waals surface area contributed by atoms with Crippen LogP contribution in [-0.4, -0.2) is 6.61 Å². The zero-order chi connectivity index (χ0) is 11.3. The first kappa shape index (κ1) is 13.0. The lowest BCUT2D eigenvalue weighted by Crippen LogP contribution is -2.17. The van der Waals surface area contributed by atoms with Gasteiger partial charge in [-0.2, -0.15) is 5.48 Å². The van der Waals surface area contributed by atoms with E-state index >= 15 is 0 Å². The lowest BCUT2D eigenvalue weighted by Gasteiger charge is -2.08. The van der Waals surface area contributed by atoms with Gasteiger partial charge in [0.1, 0.15) is 0 Å². The maximum Gasteiger partial charge on any atom is 0.0705 e. The summed E-state index contributed by atoms with van der Waals surface area (Å²) in [5.41, 5.74) is 4.01. The smallest absolute Gasteiger partial charge is 0.0705 e. The molecule has 0 radical (unpaired) electrons. The molecule has 0 amide bonds. The Morgan fingerprint density at radius 3 is 2.80 bits per heavy atom. The van der Waals surface area contributed by atoms with Gasteiger partial charge in [0.05, 0.1) is 11.6 Å². The van der Waals surface area contributed by atoms with Crippen molar-refractivity contribution in [2.45, 2.75) is 20.4 Å². The van der Waals surface area contributed by atoms with Crippen LogP contribution >= 0.6 is 27.5 Å². The van der Waals surface area contributed by atoms with Crippen molar-refractivity contribution in [3.63, 3.8) is 0 Å². The Labute approximate surface area is 104 Å². The van der Waals surface area contributed by atoms with Crippen molar-refractivity contribution in [1.82, 2.24) is 5.48 Å². The zero-order valence-corrected chi connectivity index (χ0v) is 11.2. The standard InChI is InChI=1S/C11H15BrClNO/c1-8(2)7-15-14-6-9-3-4-10(12)11(13)5-9/h3-5,8,14H,6-7H2,1-2H3. The number of hydroxylamine groups is 1. The first-order valence-corrected chi connectivity index (χ1v) is 6.05. The Morgan fingerprint density at radius 2 is 2.20 bits per heavy atom. The highest BCUT2D eigenvalue weighted by Crippen LogP contribution is 2.22. The monoisotopic (exact) mass is 291 g/mol. The summed E-state index contributed by atoms with van der Waals surface area (Å²) in [6, 6.07) is 5.85. The molecule has 1 aromatic carbocycles. The minimum absolute atomic E-state index is 0.533. The van der Waals surface area contributed by atoms with Crippen molar-refractivity contribution < 1.29 is 4.84 Å². The van der Waals surface area contributed by atoms with Crippen LogP contribution in [-0.2, 0) is 11.4 Å². The van der Waals surface area contributed by atoms with Crippen LogP contribution < -0.4 is 5.48 Å². The second kappa shape index (κ2) is 6.48. The third kappa shape index (κ3) is 4.98. The Hall–Kier alpha value is -0.0900. The molecule has 84 valence electrons. The summed E-state index contributed by atoms with van der Waals surface area (Å²) in [5.74, 6) is 0.533. The number of nitrogens with one attached hydrogen (secondary N) is 1. The number of hydrogen-bond acceptors (Lipinski definition) is 2. The quantitative estimate of drug-likeness (QED) is 0.659. The molecule has 0 saturated heterocycles. The van der Waals surface area contributed by atoms with E-state index in [0.29, 0.717) is 19.1 Å². The lowest BCUT2D eigenvalue weighted by atomic mass is 10.2. The summed E-state index contributed by atoms with van der Waals surface area (Å²) < 4.78 is 0.913. The van der Waals surface area contributed by atoms with Gasteiger partial charge in [-0.15, -0.1) is 0 Å². The molecular formula is C11H15BrClNO. The molecule has 1 rings (SSSR count). The van der Waals surface area contributed by atoms with Crippen LogP contribution in [0.5, 0.6) is 0 Å². The Bertz CT molecular complexity index is 317. The number of hydrogen-bond donors (Lipinski definition) is 1. The molecule has 15 heavy (non-hydrogen) atoms. The average molecular weight is 293 g/mol. The van der Waals surface area contributed by atoms with Crippen molar-refractivity contribution >= 4 is 27.5 Å². The largest absolute Gasteiger partial charge is 0.301 e. The molecule has 0 saturated carbocycles. The summed E-state index contributed by atoms with van der Waals surface area (Å²) in [5, 5.41) is 0.721. The van der Waals surface area contributed by atoms with Gasteiger partial charge in [0.2, 0.25) is 0 Å². The molecule has 2 nitrogen and oxygen atoms in total. The molecule has 4 heteroatoms. The molecule has 0 heterocycles. The van der Waals surface area contributed by atoms with E-state index in [2.05, 4.69) is 35.3 Å². The van der Waals surface area contributed by atoms with Gasteiger partial charge in [0.15, 0.2) is 0 Å². The highest BCUT2D eigenvalue weighted by molar-refractivity contribution is 9.10. The van der Waals surface area contributed by atoms with Crippen LogP contribution in [0.15, 0.2) is 22.7 Å². The molecule has 0 aliphatic carbocycles. The number of rotatable bonds is 5. The minimum Gasteiger partial charge on any atom is -0.301 e.